The maximum Gasteiger partial charge on any atom is 0.264 e. The summed E-state index contributed by atoms with van der Waals surface area (Å²) in [4.78, 5) is 30.2. The minimum atomic E-state index is -4.16. The van der Waals surface area contributed by atoms with Gasteiger partial charge in [0.2, 0.25) is 11.8 Å². The van der Waals surface area contributed by atoms with Crippen LogP contribution in [0.25, 0.3) is 0 Å². The van der Waals surface area contributed by atoms with Crippen molar-refractivity contribution in [3.8, 4) is 0 Å². The van der Waals surface area contributed by atoms with Crippen LogP contribution in [0.3, 0.4) is 0 Å². The van der Waals surface area contributed by atoms with Gasteiger partial charge in [0.05, 0.1) is 10.6 Å². The highest BCUT2D eigenvalue weighted by Crippen LogP contribution is 2.28. The summed E-state index contributed by atoms with van der Waals surface area (Å²) in [6, 6.07) is 28.5. The molecule has 5 rings (SSSR count). The molecule has 240 valence electrons. The second-order valence-corrected chi connectivity index (χ2v) is 14.3. The molecule has 0 radical (unpaired) electrons. The Balaban J connectivity index is 1.57. The van der Waals surface area contributed by atoms with E-state index in [-0.39, 0.29) is 29.8 Å². The van der Waals surface area contributed by atoms with Crippen LogP contribution < -0.4 is 9.62 Å². The second kappa shape index (κ2) is 15.2. The first-order chi connectivity index (χ1) is 22.1. The largest absolute Gasteiger partial charge is 0.352 e. The van der Waals surface area contributed by atoms with E-state index >= 15 is 0 Å². The Morgan fingerprint density at radius 1 is 0.870 bits per heavy atom. The number of benzene rings is 4. The van der Waals surface area contributed by atoms with Crippen LogP contribution in [0.15, 0.2) is 108 Å². The molecule has 4 aromatic carbocycles. The summed E-state index contributed by atoms with van der Waals surface area (Å²) in [7, 11) is -4.16. The van der Waals surface area contributed by atoms with Crippen LogP contribution in [0.4, 0.5) is 5.69 Å². The number of anilines is 1. The second-order valence-electron chi connectivity index (χ2n) is 11.6. The number of hydrogen-bond donors (Lipinski definition) is 1. The van der Waals surface area contributed by atoms with Crippen molar-refractivity contribution in [3.63, 3.8) is 0 Å². The quantitative estimate of drug-likeness (QED) is 0.172. The van der Waals surface area contributed by atoms with E-state index in [2.05, 4.69) is 5.32 Å². The maximum absolute atomic E-state index is 14.6. The van der Waals surface area contributed by atoms with E-state index in [1.54, 1.807) is 60.7 Å². The molecule has 0 unspecified atom stereocenters. The number of rotatable bonds is 12. The molecule has 1 atom stereocenters. The smallest absolute Gasteiger partial charge is 0.264 e. The van der Waals surface area contributed by atoms with Gasteiger partial charge in [0.25, 0.3) is 10.0 Å². The van der Waals surface area contributed by atoms with E-state index < -0.39 is 28.5 Å². The molecular formula is C36H37Cl2N3O4S. The molecule has 0 saturated heterocycles. The maximum atomic E-state index is 14.6. The van der Waals surface area contributed by atoms with Gasteiger partial charge >= 0.3 is 0 Å². The Morgan fingerprint density at radius 3 is 2.13 bits per heavy atom. The van der Waals surface area contributed by atoms with E-state index in [0.29, 0.717) is 21.3 Å². The third-order valence-corrected chi connectivity index (χ3v) is 10.6. The summed E-state index contributed by atoms with van der Waals surface area (Å²) in [5.74, 6) is -0.837. The molecule has 1 saturated carbocycles. The lowest BCUT2D eigenvalue weighted by Gasteiger charge is -2.34. The molecule has 0 aliphatic heterocycles. The molecule has 1 aliphatic carbocycles. The first-order valence-corrected chi connectivity index (χ1v) is 17.5. The fourth-order valence-corrected chi connectivity index (χ4v) is 7.62. The number of amides is 2. The SMILES string of the molecule is Cc1ccc(N(CC(=O)N(Cc2ccc(Cl)cc2Cl)[C@H](Cc2ccccc2)C(=O)NC2CCCC2)S(=O)(=O)c2ccccc2)cc1. The lowest BCUT2D eigenvalue weighted by atomic mass is 10.0. The Bertz CT molecular complexity index is 1750. The molecule has 0 aromatic heterocycles. The number of halogens is 2. The molecule has 1 fully saturated rings. The van der Waals surface area contributed by atoms with Crippen molar-refractivity contribution >= 4 is 50.7 Å². The Labute approximate surface area is 281 Å². The molecule has 0 spiro atoms. The van der Waals surface area contributed by atoms with Crippen molar-refractivity contribution in [1.29, 1.82) is 0 Å². The average molecular weight is 679 g/mol. The highest BCUT2D eigenvalue weighted by atomic mass is 35.5. The first-order valence-electron chi connectivity index (χ1n) is 15.3. The van der Waals surface area contributed by atoms with Crippen LogP contribution in [0.5, 0.6) is 0 Å². The zero-order chi connectivity index (χ0) is 32.7. The van der Waals surface area contributed by atoms with E-state index in [1.165, 1.54) is 17.0 Å². The van der Waals surface area contributed by atoms with Gasteiger partial charge in [-0.15, -0.1) is 0 Å². The van der Waals surface area contributed by atoms with Gasteiger partial charge in [0, 0.05) is 29.1 Å². The van der Waals surface area contributed by atoms with E-state index in [0.717, 1.165) is 41.1 Å². The minimum Gasteiger partial charge on any atom is -0.352 e. The van der Waals surface area contributed by atoms with Gasteiger partial charge < -0.3 is 10.2 Å². The van der Waals surface area contributed by atoms with Crippen LogP contribution in [-0.4, -0.2) is 43.8 Å². The van der Waals surface area contributed by atoms with E-state index in [1.807, 2.05) is 37.3 Å². The molecule has 46 heavy (non-hydrogen) atoms. The summed E-state index contributed by atoms with van der Waals surface area (Å²) in [5, 5.41) is 3.95. The van der Waals surface area contributed by atoms with Crippen LogP contribution in [0.2, 0.25) is 10.0 Å². The number of nitrogens with one attached hydrogen (secondary N) is 1. The number of carbonyl (C=O) groups is 2. The Morgan fingerprint density at radius 2 is 1.50 bits per heavy atom. The van der Waals surface area contributed by atoms with Crippen LogP contribution in [0, 0.1) is 6.92 Å². The molecule has 10 heteroatoms. The van der Waals surface area contributed by atoms with Crippen molar-refractivity contribution < 1.29 is 18.0 Å². The van der Waals surface area contributed by atoms with E-state index in [9.17, 15) is 18.0 Å². The Hall–Kier alpha value is -3.85. The standard InChI is InChI=1S/C36H37Cl2N3O4S/c1-26-16-20-31(21-17-26)41(46(44,45)32-14-6-3-7-15-32)25-35(42)40(24-28-18-19-29(37)23-33(28)38)34(22-27-10-4-2-5-11-27)36(43)39-30-12-8-9-13-30/h2-7,10-11,14-21,23,30,34H,8-9,12-13,22,24-25H2,1H3,(H,39,43)/t34-/m1/s1. The summed E-state index contributed by atoms with van der Waals surface area (Å²) in [6.45, 7) is 1.34. The molecule has 1 N–H and O–H groups in total. The molecule has 7 nitrogen and oxygen atoms in total. The Kier molecular flexibility index (Phi) is 11.0. The highest BCUT2D eigenvalue weighted by Gasteiger charge is 2.35. The minimum absolute atomic E-state index is 0.0179. The van der Waals surface area contributed by atoms with Gasteiger partial charge in [0.15, 0.2) is 0 Å². The predicted molar refractivity (Wildman–Crippen MR) is 183 cm³/mol. The molecule has 4 aromatic rings. The van der Waals surface area contributed by atoms with Gasteiger partial charge in [0.1, 0.15) is 12.6 Å². The summed E-state index contributed by atoms with van der Waals surface area (Å²) < 4.78 is 29.3. The number of nitrogens with zero attached hydrogens (tertiary/aromatic N) is 2. The van der Waals surface area contributed by atoms with Crippen molar-refractivity contribution in [2.75, 3.05) is 10.8 Å². The van der Waals surface area contributed by atoms with Gasteiger partial charge in [-0.2, -0.15) is 0 Å². The number of aryl methyl sites for hydroxylation is 1. The van der Waals surface area contributed by atoms with Gasteiger partial charge in [-0.25, -0.2) is 8.42 Å². The van der Waals surface area contributed by atoms with Gasteiger partial charge in [-0.05, 0) is 67.3 Å². The van der Waals surface area contributed by atoms with Crippen molar-refractivity contribution in [3.05, 3.63) is 130 Å². The van der Waals surface area contributed by atoms with Gasteiger partial charge in [-0.1, -0.05) is 108 Å². The fraction of sp³-hybridized carbons (Fsp3) is 0.278. The highest BCUT2D eigenvalue weighted by molar-refractivity contribution is 7.92. The van der Waals surface area contributed by atoms with Crippen molar-refractivity contribution in [2.45, 2.75) is 62.6 Å². The third-order valence-electron chi connectivity index (χ3n) is 8.26. The molecule has 1 aliphatic rings. The molecular weight excluding hydrogens is 641 g/mol. The van der Waals surface area contributed by atoms with Crippen molar-refractivity contribution in [2.24, 2.45) is 0 Å². The molecule has 0 bridgehead atoms. The van der Waals surface area contributed by atoms with Crippen LogP contribution >= 0.6 is 23.2 Å². The zero-order valence-electron chi connectivity index (χ0n) is 25.6. The normalized spacial score (nSPS) is 14.1. The monoisotopic (exact) mass is 677 g/mol. The zero-order valence-corrected chi connectivity index (χ0v) is 27.9. The van der Waals surface area contributed by atoms with Crippen LogP contribution in [-0.2, 0) is 32.6 Å². The first kappa shape index (κ1) is 33.5. The topological polar surface area (TPSA) is 86.8 Å². The fourth-order valence-electron chi connectivity index (χ4n) is 5.71. The average Bonchev–Trinajstić information content (AvgIpc) is 3.57. The lowest BCUT2D eigenvalue weighted by molar-refractivity contribution is -0.140. The summed E-state index contributed by atoms with van der Waals surface area (Å²) in [5.41, 5.74) is 2.72. The number of carbonyl (C=O) groups excluding carboxylic acids is 2. The summed E-state index contributed by atoms with van der Waals surface area (Å²) >= 11 is 12.8. The van der Waals surface area contributed by atoms with E-state index in [4.69, 9.17) is 23.2 Å². The lowest BCUT2D eigenvalue weighted by Crippen LogP contribution is -2.54. The molecule has 2 amide bonds. The summed E-state index contributed by atoms with van der Waals surface area (Å²) in [6.07, 6.45) is 4.03. The van der Waals surface area contributed by atoms with Crippen molar-refractivity contribution in [1.82, 2.24) is 10.2 Å². The number of hydrogen-bond acceptors (Lipinski definition) is 4. The number of sulfonamides is 1. The van der Waals surface area contributed by atoms with Gasteiger partial charge in [-0.3, -0.25) is 13.9 Å². The molecule has 0 heterocycles. The van der Waals surface area contributed by atoms with Crippen LogP contribution in [0.1, 0.15) is 42.4 Å². The predicted octanol–water partition coefficient (Wildman–Crippen LogP) is 7.20. The third kappa shape index (κ3) is 8.29.